The van der Waals surface area contributed by atoms with Gasteiger partial charge in [0.05, 0.1) is 12.0 Å². The van der Waals surface area contributed by atoms with Gasteiger partial charge in [-0.3, -0.25) is 4.90 Å². The van der Waals surface area contributed by atoms with Crippen molar-refractivity contribution in [2.75, 3.05) is 13.1 Å². The lowest BCUT2D eigenvalue weighted by atomic mass is 9.94. The van der Waals surface area contributed by atoms with Crippen LogP contribution in [0.5, 0.6) is 0 Å². The average Bonchev–Trinajstić information content (AvgIpc) is 2.78. The van der Waals surface area contributed by atoms with E-state index in [9.17, 15) is 5.26 Å². The second-order valence-corrected chi connectivity index (χ2v) is 6.18. The van der Waals surface area contributed by atoms with Crippen LogP contribution in [0.15, 0.2) is 0 Å². The van der Waals surface area contributed by atoms with Crippen LogP contribution in [0.25, 0.3) is 0 Å². The topological polar surface area (TPSA) is 27.0 Å². The fourth-order valence-corrected chi connectivity index (χ4v) is 3.80. The molecule has 1 saturated heterocycles. The van der Waals surface area contributed by atoms with Crippen LogP contribution in [0.1, 0.15) is 64.7 Å². The minimum Gasteiger partial charge on any atom is -0.299 e. The van der Waals surface area contributed by atoms with Crippen LogP contribution in [0.3, 0.4) is 0 Å². The van der Waals surface area contributed by atoms with Crippen molar-refractivity contribution in [2.24, 2.45) is 11.8 Å². The minimum atomic E-state index is 0.297. The molecule has 0 amide bonds. The zero-order chi connectivity index (χ0) is 12.8. The summed E-state index contributed by atoms with van der Waals surface area (Å²) >= 11 is 0. The van der Waals surface area contributed by atoms with Crippen molar-refractivity contribution in [3.63, 3.8) is 0 Å². The lowest BCUT2D eigenvalue weighted by Crippen LogP contribution is -2.40. The molecule has 2 heteroatoms. The van der Waals surface area contributed by atoms with Crippen molar-refractivity contribution < 1.29 is 0 Å². The van der Waals surface area contributed by atoms with Gasteiger partial charge in [0.15, 0.2) is 0 Å². The maximum atomic E-state index is 9.41. The quantitative estimate of drug-likeness (QED) is 0.691. The van der Waals surface area contributed by atoms with Crippen LogP contribution in [0.2, 0.25) is 0 Å². The molecule has 0 aromatic carbocycles. The van der Waals surface area contributed by atoms with Gasteiger partial charge >= 0.3 is 0 Å². The summed E-state index contributed by atoms with van der Waals surface area (Å²) in [5, 5.41) is 9.41. The molecule has 0 N–H and O–H groups in total. The number of nitrogens with zero attached hydrogens (tertiary/aromatic N) is 2. The van der Waals surface area contributed by atoms with Crippen LogP contribution >= 0.6 is 0 Å². The standard InChI is InChI=1S/C16H28N2/c1-2-14-7-6-11-18(12-10-14)16-9-5-3-4-8-15(16)13-17/h14-16H,2-12H2,1H3. The van der Waals surface area contributed by atoms with Gasteiger partial charge in [0.2, 0.25) is 0 Å². The molecule has 3 atom stereocenters. The first-order chi connectivity index (χ1) is 8.85. The van der Waals surface area contributed by atoms with Crippen LogP contribution < -0.4 is 0 Å². The van der Waals surface area contributed by atoms with Gasteiger partial charge in [-0.05, 0) is 51.1 Å². The normalized spacial score (nSPS) is 35.4. The Morgan fingerprint density at radius 2 is 1.83 bits per heavy atom. The van der Waals surface area contributed by atoms with Crippen molar-refractivity contribution in [3.05, 3.63) is 0 Å². The molecule has 2 aliphatic rings. The SMILES string of the molecule is CCC1CCCN(C2CCCCCC2C#N)CC1. The smallest absolute Gasteiger partial charge is 0.0672 e. The highest BCUT2D eigenvalue weighted by molar-refractivity contribution is 4.95. The molecular formula is C16H28N2. The number of hydrogen-bond acceptors (Lipinski definition) is 2. The van der Waals surface area contributed by atoms with E-state index in [1.807, 2.05) is 0 Å². The van der Waals surface area contributed by atoms with Gasteiger partial charge in [0.1, 0.15) is 0 Å². The second kappa shape index (κ2) is 7.14. The lowest BCUT2D eigenvalue weighted by Gasteiger charge is -2.32. The van der Waals surface area contributed by atoms with Gasteiger partial charge in [-0.15, -0.1) is 0 Å². The molecule has 1 saturated carbocycles. The van der Waals surface area contributed by atoms with Gasteiger partial charge in [-0.2, -0.15) is 5.26 Å². The summed E-state index contributed by atoms with van der Waals surface area (Å²) in [4.78, 5) is 2.66. The molecule has 1 aliphatic carbocycles. The van der Waals surface area contributed by atoms with Crippen LogP contribution in [-0.2, 0) is 0 Å². The fraction of sp³-hybridized carbons (Fsp3) is 0.938. The number of likely N-dealkylation sites (tertiary alicyclic amines) is 1. The third kappa shape index (κ3) is 3.48. The molecule has 0 spiro atoms. The molecule has 2 rings (SSSR count). The van der Waals surface area contributed by atoms with Crippen molar-refractivity contribution in [2.45, 2.75) is 70.8 Å². The monoisotopic (exact) mass is 248 g/mol. The third-order valence-corrected chi connectivity index (χ3v) is 5.07. The molecule has 2 nitrogen and oxygen atoms in total. The fourth-order valence-electron chi connectivity index (χ4n) is 3.80. The van der Waals surface area contributed by atoms with Crippen LogP contribution in [-0.4, -0.2) is 24.0 Å². The molecule has 102 valence electrons. The molecular weight excluding hydrogens is 220 g/mol. The third-order valence-electron chi connectivity index (χ3n) is 5.07. The van der Waals surface area contributed by atoms with Crippen LogP contribution in [0.4, 0.5) is 0 Å². The summed E-state index contributed by atoms with van der Waals surface area (Å²) in [6, 6.07) is 3.16. The van der Waals surface area contributed by atoms with Crippen molar-refractivity contribution in [1.82, 2.24) is 4.90 Å². The Morgan fingerprint density at radius 3 is 2.61 bits per heavy atom. The average molecular weight is 248 g/mol. The summed E-state index contributed by atoms with van der Waals surface area (Å²) in [6.07, 6.45) is 11.7. The highest BCUT2D eigenvalue weighted by atomic mass is 15.2. The first-order valence-corrected chi connectivity index (χ1v) is 7.98. The van der Waals surface area contributed by atoms with E-state index in [-0.39, 0.29) is 0 Å². The summed E-state index contributed by atoms with van der Waals surface area (Å²) < 4.78 is 0. The highest BCUT2D eigenvalue weighted by Gasteiger charge is 2.30. The van der Waals surface area contributed by atoms with E-state index in [1.54, 1.807) is 0 Å². The maximum Gasteiger partial charge on any atom is 0.0672 e. The number of rotatable bonds is 2. The zero-order valence-corrected chi connectivity index (χ0v) is 11.9. The van der Waals surface area contributed by atoms with Gasteiger partial charge in [-0.25, -0.2) is 0 Å². The number of nitriles is 1. The Hall–Kier alpha value is -0.550. The summed E-state index contributed by atoms with van der Waals surface area (Å²) in [5.41, 5.74) is 0. The Labute approximate surface area is 112 Å². The Morgan fingerprint density at radius 1 is 1.00 bits per heavy atom. The van der Waals surface area contributed by atoms with Crippen LogP contribution in [0, 0.1) is 23.2 Å². The Bertz CT molecular complexity index is 281. The van der Waals surface area contributed by atoms with Gasteiger partial charge in [0.25, 0.3) is 0 Å². The van der Waals surface area contributed by atoms with Crippen molar-refractivity contribution in [3.8, 4) is 6.07 Å². The molecule has 3 unspecified atom stereocenters. The first kappa shape index (κ1) is 13.9. The highest BCUT2D eigenvalue weighted by Crippen LogP contribution is 2.30. The summed E-state index contributed by atoms with van der Waals surface area (Å²) in [5.74, 6) is 1.23. The number of hydrogen-bond donors (Lipinski definition) is 0. The molecule has 2 fully saturated rings. The molecule has 0 radical (unpaired) electrons. The van der Waals surface area contributed by atoms with Gasteiger partial charge < -0.3 is 0 Å². The van der Waals surface area contributed by atoms with E-state index in [0.29, 0.717) is 12.0 Å². The van der Waals surface area contributed by atoms with Crippen molar-refractivity contribution >= 4 is 0 Å². The lowest BCUT2D eigenvalue weighted by molar-refractivity contribution is 0.157. The van der Waals surface area contributed by atoms with E-state index in [2.05, 4.69) is 17.9 Å². The summed E-state index contributed by atoms with van der Waals surface area (Å²) in [7, 11) is 0. The molecule has 0 bridgehead atoms. The molecule has 0 aromatic heterocycles. The molecule has 0 aromatic rings. The zero-order valence-electron chi connectivity index (χ0n) is 11.9. The van der Waals surface area contributed by atoms with E-state index >= 15 is 0 Å². The summed E-state index contributed by atoms with van der Waals surface area (Å²) in [6.45, 7) is 4.80. The van der Waals surface area contributed by atoms with Crippen molar-refractivity contribution in [1.29, 1.82) is 5.26 Å². The predicted octanol–water partition coefficient (Wildman–Crippen LogP) is 3.97. The Kier molecular flexibility index (Phi) is 5.50. The molecule has 18 heavy (non-hydrogen) atoms. The van der Waals surface area contributed by atoms with Gasteiger partial charge in [0, 0.05) is 6.04 Å². The largest absolute Gasteiger partial charge is 0.299 e. The second-order valence-electron chi connectivity index (χ2n) is 6.18. The van der Waals surface area contributed by atoms with E-state index in [1.165, 1.54) is 64.5 Å². The predicted molar refractivity (Wildman–Crippen MR) is 75.2 cm³/mol. The van der Waals surface area contributed by atoms with E-state index in [0.717, 1.165) is 12.3 Å². The molecule has 1 aliphatic heterocycles. The molecule has 1 heterocycles. The minimum absolute atomic E-state index is 0.297. The van der Waals surface area contributed by atoms with Gasteiger partial charge in [-0.1, -0.05) is 32.6 Å². The maximum absolute atomic E-state index is 9.41. The van der Waals surface area contributed by atoms with E-state index < -0.39 is 0 Å². The first-order valence-electron chi connectivity index (χ1n) is 7.98. The Balaban J connectivity index is 1.97. The van der Waals surface area contributed by atoms with E-state index in [4.69, 9.17) is 0 Å².